The summed E-state index contributed by atoms with van der Waals surface area (Å²) >= 11 is 0. The van der Waals surface area contributed by atoms with Crippen molar-refractivity contribution in [2.75, 3.05) is 13.7 Å². The first-order valence-corrected chi connectivity index (χ1v) is 7.90. The third-order valence-electron chi connectivity index (χ3n) is 4.10. The number of nitrogens with one attached hydrogen (secondary N) is 1. The summed E-state index contributed by atoms with van der Waals surface area (Å²) in [6.07, 6.45) is 1.89. The zero-order chi connectivity index (χ0) is 16.4. The highest BCUT2D eigenvalue weighted by molar-refractivity contribution is 5.81. The Bertz CT molecular complexity index is 780. The van der Waals surface area contributed by atoms with Crippen molar-refractivity contribution in [2.45, 2.75) is 32.4 Å². The van der Waals surface area contributed by atoms with Crippen LogP contribution in [-0.2, 0) is 16.1 Å². The Balaban J connectivity index is 2.01. The number of hydrogen-bond donors (Lipinski definition) is 1. The van der Waals surface area contributed by atoms with E-state index in [2.05, 4.69) is 10.3 Å². The quantitative estimate of drug-likeness (QED) is 0.879. The second-order valence-electron chi connectivity index (χ2n) is 5.94. The highest BCUT2D eigenvalue weighted by atomic mass is 16.5. The molecule has 0 radical (unpaired) electrons. The van der Waals surface area contributed by atoms with E-state index in [4.69, 9.17) is 4.74 Å². The summed E-state index contributed by atoms with van der Waals surface area (Å²) in [6.45, 7) is 2.68. The van der Waals surface area contributed by atoms with Crippen molar-refractivity contribution in [2.24, 2.45) is 5.92 Å². The molecule has 0 spiro atoms. The van der Waals surface area contributed by atoms with Gasteiger partial charge in [0.25, 0.3) is 5.56 Å². The van der Waals surface area contributed by atoms with Crippen molar-refractivity contribution in [3.05, 3.63) is 40.4 Å². The molecule has 1 heterocycles. The van der Waals surface area contributed by atoms with E-state index >= 15 is 0 Å². The molecule has 1 aliphatic rings. The number of methoxy groups -OCH3 is 1. The van der Waals surface area contributed by atoms with Crippen LogP contribution >= 0.6 is 0 Å². The first kappa shape index (κ1) is 15.7. The summed E-state index contributed by atoms with van der Waals surface area (Å²) in [5, 5.41) is 3.54. The second kappa shape index (κ2) is 6.50. The monoisotopic (exact) mass is 315 g/mol. The van der Waals surface area contributed by atoms with Crippen molar-refractivity contribution in [3.8, 4) is 0 Å². The molecule has 1 N–H and O–H groups in total. The van der Waals surface area contributed by atoms with Crippen LogP contribution in [0.3, 0.4) is 0 Å². The SMILES string of the molecule is COCCn1c([C@H](C)NC(=O)C2CC2)nc2ccccc2c1=O. The average molecular weight is 315 g/mol. The van der Waals surface area contributed by atoms with Gasteiger partial charge in [0.05, 0.1) is 30.1 Å². The Kier molecular flexibility index (Phi) is 4.43. The van der Waals surface area contributed by atoms with Crippen molar-refractivity contribution < 1.29 is 9.53 Å². The van der Waals surface area contributed by atoms with E-state index in [0.717, 1.165) is 12.8 Å². The Morgan fingerprint density at radius 3 is 2.87 bits per heavy atom. The van der Waals surface area contributed by atoms with Gasteiger partial charge in [-0.2, -0.15) is 0 Å². The molecule has 3 rings (SSSR count). The number of amides is 1. The molecule has 23 heavy (non-hydrogen) atoms. The van der Waals surface area contributed by atoms with Crippen molar-refractivity contribution in [1.29, 1.82) is 0 Å². The number of fused-ring (bicyclic) bond motifs is 1. The van der Waals surface area contributed by atoms with E-state index in [-0.39, 0.29) is 23.4 Å². The fourth-order valence-corrected chi connectivity index (χ4v) is 2.66. The standard InChI is InChI=1S/C17H21N3O3/c1-11(18-16(21)12-7-8-12)15-19-14-6-4-3-5-13(14)17(22)20(15)9-10-23-2/h3-6,11-12H,7-10H2,1-2H3,(H,18,21)/t11-/m0/s1. The number of rotatable bonds is 6. The van der Waals surface area contributed by atoms with Crippen LogP contribution in [-0.4, -0.2) is 29.2 Å². The molecule has 1 amide bonds. The van der Waals surface area contributed by atoms with Gasteiger partial charge in [-0.15, -0.1) is 0 Å². The van der Waals surface area contributed by atoms with Gasteiger partial charge >= 0.3 is 0 Å². The number of para-hydroxylation sites is 1. The predicted molar refractivity (Wildman–Crippen MR) is 87.2 cm³/mol. The molecule has 2 aromatic rings. The summed E-state index contributed by atoms with van der Waals surface area (Å²) in [6, 6.07) is 6.94. The maximum absolute atomic E-state index is 12.7. The summed E-state index contributed by atoms with van der Waals surface area (Å²) < 4.78 is 6.70. The van der Waals surface area contributed by atoms with Gasteiger partial charge in [-0.1, -0.05) is 12.1 Å². The molecule has 0 saturated heterocycles. The molecule has 1 aliphatic carbocycles. The van der Waals surface area contributed by atoms with Gasteiger partial charge < -0.3 is 10.1 Å². The Morgan fingerprint density at radius 1 is 1.43 bits per heavy atom. The van der Waals surface area contributed by atoms with Crippen LogP contribution in [0.1, 0.15) is 31.6 Å². The van der Waals surface area contributed by atoms with Gasteiger partial charge in [0, 0.05) is 13.0 Å². The first-order chi connectivity index (χ1) is 11.1. The van der Waals surface area contributed by atoms with E-state index in [0.29, 0.717) is 29.9 Å². The number of nitrogens with zero attached hydrogens (tertiary/aromatic N) is 2. The van der Waals surface area contributed by atoms with Crippen LogP contribution in [0.4, 0.5) is 0 Å². The summed E-state index contributed by atoms with van der Waals surface area (Å²) in [5.74, 6) is 0.731. The molecule has 1 aromatic heterocycles. The largest absolute Gasteiger partial charge is 0.383 e. The Morgan fingerprint density at radius 2 is 2.17 bits per heavy atom. The van der Waals surface area contributed by atoms with E-state index < -0.39 is 0 Å². The minimum Gasteiger partial charge on any atom is -0.383 e. The molecular formula is C17H21N3O3. The molecule has 0 aliphatic heterocycles. The lowest BCUT2D eigenvalue weighted by Gasteiger charge is -2.19. The highest BCUT2D eigenvalue weighted by Crippen LogP contribution is 2.29. The van der Waals surface area contributed by atoms with Gasteiger partial charge in [0.2, 0.25) is 5.91 Å². The van der Waals surface area contributed by atoms with Gasteiger partial charge in [0.1, 0.15) is 5.82 Å². The molecule has 1 atom stereocenters. The number of carbonyl (C=O) groups is 1. The molecule has 1 aromatic carbocycles. The molecular weight excluding hydrogens is 294 g/mol. The molecule has 6 heteroatoms. The summed E-state index contributed by atoms with van der Waals surface area (Å²) in [5.41, 5.74) is 0.545. The van der Waals surface area contributed by atoms with E-state index in [1.54, 1.807) is 17.7 Å². The number of hydrogen-bond acceptors (Lipinski definition) is 4. The molecule has 1 saturated carbocycles. The number of carbonyl (C=O) groups excluding carboxylic acids is 1. The van der Waals surface area contributed by atoms with Crippen molar-refractivity contribution in [3.63, 3.8) is 0 Å². The summed E-state index contributed by atoms with van der Waals surface area (Å²) in [7, 11) is 1.59. The molecule has 0 unspecified atom stereocenters. The fourth-order valence-electron chi connectivity index (χ4n) is 2.66. The Labute approximate surface area is 134 Å². The number of ether oxygens (including phenoxy) is 1. The maximum atomic E-state index is 12.7. The van der Waals surface area contributed by atoms with E-state index in [1.165, 1.54) is 0 Å². The third kappa shape index (κ3) is 3.27. The van der Waals surface area contributed by atoms with Crippen LogP contribution in [0.15, 0.2) is 29.1 Å². The molecule has 122 valence electrons. The third-order valence-corrected chi connectivity index (χ3v) is 4.10. The van der Waals surface area contributed by atoms with Crippen LogP contribution in [0, 0.1) is 5.92 Å². The number of benzene rings is 1. The fraction of sp³-hybridized carbons (Fsp3) is 0.471. The van der Waals surface area contributed by atoms with Gasteiger partial charge in [-0.25, -0.2) is 4.98 Å². The maximum Gasteiger partial charge on any atom is 0.261 e. The number of aromatic nitrogens is 2. The lowest BCUT2D eigenvalue weighted by molar-refractivity contribution is -0.123. The van der Waals surface area contributed by atoms with Crippen LogP contribution in [0.2, 0.25) is 0 Å². The zero-order valence-corrected chi connectivity index (χ0v) is 13.4. The van der Waals surface area contributed by atoms with Crippen LogP contribution in [0.5, 0.6) is 0 Å². The average Bonchev–Trinajstić information content (AvgIpc) is 3.38. The molecule has 1 fully saturated rings. The van der Waals surface area contributed by atoms with Gasteiger partial charge in [-0.05, 0) is 31.9 Å². The second-order valence-corrected chi connectivity index (χ2v) is 5.94. The van der Waals surface area contributed by atoms with Crippen LogP contribution in [0.25, 0.3) is 10.9 Å². The predicted octanol–water partition coefficient (Wildman–Crippen LogP) is 1.63. The normalized spacial score (nSPS) is 15.6. The van der Waals surface area contributed by atoms with Gasteiger partial charge in [-0.3, -0.25) is 14.2 Å². The molecule has 0 bridgehead atoms. The highest BCUT2D eigenvalue weighted by Gasteiger charge is 2.31. The lowest BCUT2D eigenvalue weighted by atomic mass is 10.2. The minimum absolute atomic E-state index is 0.0400. The van der Waals surface area contributed by atoms with Gasteiger partial charge in [0.15, 0.2) is 0 Å². The molecule has 6 nitrogen and oxygen atoms in total. The minimum atomic E-state index is -0.322. The van der Waals surface area contributed by atoms with E-state index in [9.17, 15) is 9.59 Å². The first-order valence-electron chi connectivity index (χ1n) is 7.90. The van der Waals surface area contributed by atoms with Crippen LogP contribution < -0.4 is 10.9 Å². The van der Waals surface area contributed by atoms with Crippen molar-refractivity contribution in [1.82, 2.24) is 14.9 Å². The van der Waals surface area contributed by atoms with E-state index in [1.807, 2.05) is 25.1 Å². The smallest absolute Gasteiger partial charge is 0.261 e. The lowest BCUT2D eigenvalue weighted by Crippen LogP contribution is -2.35. The summed E-state index contributed by atoms with van der Waals surface area (Å²) in [4.78, 5) is 29.4. The topological polar surface area (TPSA) is 73.2 Å². The van der Waals surface area contributed by atoms with Crippen molar-refractivity contribution >= 4 is 16.8 Å². The Hall–Kier alpha value is -2.21. The zero-order valence-electron chi connectivity index (χ0n) is 13.4.